The number of methoxy groups -OCH3 is 1. The van der Waals surface area contributed by atoms with Crippen LogP contribution in [0.5, 0.6) is 5.75 Å². The maximum atomic E-state index is 14.5. The Labute approximate surface area is 215 Å². The normalized spacial score (nSPS) is 15.9. The molecule has 0 aliphatic carbocycles. The lowest BCUT2D eigenvalue weighted by molar-refractivity contribution is 0.214. The van der Waals surface area contributed by atoms with E-state index < -0.39 is 22.4 Å². The van der Waals surface area contributed by atoms with Crippen molar-refractivity contribution in [2.24, 2.45) is 0 Å². The summed E-state index contributed by atoms with van der Waals surface area (Å²) in [7, 11) is -1.49. The third kappa shape index (κ3) is 6.67. The second kappa shape index (κ2) is 12.0. The molecule has 2 aromatic heterocycles. The van der Waals surface area contributed by atoms with Crippen molar-refractivity contribution in [3.8, 4) is 17.4 Å². The van der Waals surface area contributed by atoms with Crippen molar-refractivity contribution in [1.29, 1.82) is 0 Å². The van der Waals surface area contributed by atoms with E-state index in [1.54, 1.807) is 24.7 Å². The van der Waals surface area contributed by atoms with Crippen molar-refractivity contribution in [3.05, 3.63) is 59.7 Å². The minimum atomic E-state index is -2.96. The Morgan fingerprint density at radius 2 is 1.92 bits per heavy atom. The first-order valence-electron chi connectivity index (χ1n) is 11.8. The quantitative estimate of drug-likeness (QED) is 0.310. The van der Waals surface area contributed by atoms with Gasteiger partial charge in [0.25, 0.3) is 0 Å². The highest BCUT2D eigenvalue weighted by molar-refractivity contribution is 8.22. The number of halogens is 2. The summed E-state index contributed by atoms with van der Waals surface area (Å²) in [6.45, 7) is 2.98. The summed E-state index contributed by atoms with van der Waals surface area (Å²) >= 11 is 0. The summed E-state index contributed by atoms with van der Waals surface area (Å²) in [5.41, 5.74) is 2.23. The fraction of sp³-hybridized carbons (Fsp3) is 0.417. The molecule has 0 saturated heterocycles. The number of benzene rings is 1. The Kier molecular flexibility index (Phi) is 8.82. The number of nitrogens with one attached hydrogen (secondary N) is 1. The number of rotatable bonds is 11. The maximum Gasteiger partial charge on any atom is 0.200 e. The predicted octanol–water partition coefficient (Wildman–Crippen LogP) is 4.01. The van der Waals surface area contributed by atoms with Gasteiger partial charge in [0.15, 0.2) is 23.2 Å². The van der Waals surface area contributed by atoms with Crippen LogP contribution in [0.1, 0.15) is 30.6 Å². The first kappa shape index (κ1) is 27.1. The van der Waals surface area contributed by atoms with Crippen LogP contribution >= 0.6 is 10.8 Å². The van der Waals surface area contributed by atoms with Gasteiger partial charge in [-0.3, -0.25) is 9.11 Å². The molecule has 3 N–H and O–H groups in total. The molecule has 0 amide bonds. The van der Waals surface area contributed by atoms with E-state index in [1.165, 1.54) is 13.2 Å². The molecule has 10 nitrogen and oxygen atoms in total. The van der Waals surface area contributed by atoms with Gasteiger partial charge in [-0.1, -0.05) is 0 Å². The number of fused-ring (bicyclic) bond motifs is 1. The molecule has 0 spiro atoms. The molecule has 1 aromatic carbocycles. The molecule has 1 unspecified atom stereocenters. The predicted molar refractivity (Wildman–Crippen MR) is 137 cm³/mol. The van der Waals surface area contributed by atoms with Crippen molar-refractivity contribution in [1.82, 2.24) is 24.7 Å². The molecular weight excluding hydrogens is 506 g/mol. The number of nitrogens with zero attached hydrogens (tertiary/aromatic N) is 5. The summed E-state index contributed by atoms with van der Waals surface area (Å²) in [6, 6.07) is 4.17. The number of anilines is 1. The largest absolute Gasteiger partial charge is 0.490 e. The van der Waals surface area contributed by atoms with E-state index in [9.17, 15) is 17.9 Å². The zero-order valence-corrected chi connectivity index (χ0v) is 21.4. The Morgan fingerprint density at radius 3 is 2.68 bits per heavy atom. The molecule has 200 valence electrons. The zero-order chi connectivity index (χ0) is 26.4. The van der Waals surface area contributed by atoms with Crippen LogP contribution in [0.15, 0.2) is 36.8 Å². The molecule has 3 aromatic rings. The van der Waals surface area contributed by atoms with Crippen LogP contribution in [0.2, 0.25) is 0 Å². The average Bonchev–Trinajstić information content (AvgIpc) is 2.90. The lowest BCUT2D eigenvalue weighted by Crippen LogP contribution is -2.35. The lowest BCUT2D eigenvalue weighted by Gasteiger charge is -2.36. The first-order valence-corrected chi connectivity index (χ1v) is 13.5. The molecule has 4 rings (SSSR count). The summed E-state index contributed by atoms with van der Waals surface area (Å²) in [6.07, 6.45) is 5.92. The summed E-state index contributed by atoms with van der Waals surface area (Å²) in [5.74, 6) is -1.33. The molecule has 13 heteroatoms. The molecule has 37 heavy (non-hydrogen) atoms. The van der Waals surface area contributed by atoms with E-state index in [4.69, 9.17) is 9.47 Å². The van der Waals surface area contributed by atoms with Gasteiger partial charge in [-0.25, -0.2) is 29.0 Å². The lowest BCUT2D eigenvalue weighted by atomic mass is 9.98. The Balaban J connectivity index is 1.42. The highest BCUT2D eigenvalue weighted by atomic mass is 32.3. The van der Waals surface area contributed by atoms with Gasteiger partial charge in [0.05, 0.1) is 30.7 Å². The van der Waals surface area contributed by atoms with E-state index in [0.717, 1.165) is 17.3 Å². The zero-order valence-electron chi connectivity index (χ0n) is 20.6. The minimum absolute atomic E-state index is 0.0587. The number of hydrogen-bond acceptors (Lipinski definition) is 10. The minimum Gasteiger partial charge on any atom is -0.490 e. The highest BCUT2D eigenvalue weighted by Gasteiger charge is 2.28. The van der Waals surface area contributed by atoms with Gasteiger partial charge in [0.2, 0.25) is 5.82 Å². The van der Waals surface area contributed by atoms with Crippen LogP contribution in [-0.2, 0) is 11.2 Å². The van der Waals surface area contributed by atoms with Crippen LogP contribution in [0.25, 0.3) is 11.6 Å². The number of ether oxygens (including phenoxy) is 2. The average molecular weight is 537 g/mol. The molecule has 0 fully saturated rings. The third-order valence-electron chi connectivity index (χ3n) is 5.97. The second-order valence-corrected chi connectivity index (χ2v) is 10.5. The summed E-state index contributed by atoms with van der Waals surface area (Å²) in [4.78, 5) is 19.4. The standard InChI is InChI=1S/C24H30F2N6O4S/c1-16-18-15-29-24(23-27-6-3-7-28-23)31-20(18)5-9-32(16)17-13-19(25)22(26)21(14-17)36-10-4-8-30-37(33,34)12-11-35-2/h3,6-7,13-16,30,33-34H,4-5,8-12H2,1-2H3. The van der Waals surface area contributed by atoms with Gasteiger partial charge in [-0.05, 0) is 19.4 Å². The van der Waals surface area contributed by atoms with E-state index in [-0.39, 0.29) is 37.3 Å². The monoisotopic (exact) mass is 536 g/mol. The van der Waals surface area contributed by atoms with Crippen molar-refractivity contribution >= 4 is 16.5 Å². The number of aromatic nitrogens is 4. The first-order chi connectivity index (χ1) is 17.8. The van der Waals surface area contributed by atoms with Gasteiger partial charge in [0.1, 0.15) is 0 Å². The summed E-state index contributed by atoms with van der Waals surface area (Å²) in [5, 5.41) is 0. The Bertz CT molecular complexity index is 1210. The van der Waals surface area contributed by atoms with Crippen LogP contribution in [-0.4, -0.2) is 68.2 Å². The van der Waals surface area contributed by atoms with E-state index in [1.807, 2.05) is 11.8 Å². The molecule has 0 saturated carbocycles. The van der Waals surface area contributed by atoms with Crippen LogP contribution in [0.3, 0.4) is 0 Å². The fourth-order valence-electron chi connectivity index (χ4n) is 4.02. The van der Waals surface area contributed by atoms with Gasteiger partial charge in [-0.15, -0.1) is 10.8 Å². The summed E-state index contributed by atoms with van der Waals surface area (Å²) < 4.78 is 61.7. The molecule has 1 aliphatic heterocycles. The van der Waals surface area contributed by atoms with E-state index in [0.29, 0.717) is 36.7 Å². The van der Waals surface area contributed by atoms with E-state index >= 15 is 0 Å². The SMILES string of the molecule is COCCS(O)(O)NCCCOc1cc(N2CCc3nc(-c4ncccn4)ncc3C2C)cc(F)c1F. The van der Waals surface area contributed by atoms with Crippen LogP contribution in [0, 0.1) is 11.6 Å². The van der Waals surface area contributed by atoms with Crippen molar-refractivity contribution in [3.63, 3.8) is 0 Å². The molecule has 1 aliphatic rings. The molecule has 0 bridgehead atoms. The van der Waals surface area contributed by atoms with Crippen molar-refractivity contribution in [2.75, 3.05) is 44.1 Å². The molecule has 3 heterocycles. The van der Waals surface area contributed by atoms with Gasteiger partial charge >= 0.3 is 0 Å². The van der Waals surface area contributed by atoms with Gasteiger partial charge < -0.3 is 14.4 Å². The third-order valence-corrected chi connectivity index (χ3v) is 7.37. The van der Waals surface area contributed by atoms with E-state index in [2.05, 4.69) is 24.7 Å². The van der Waals surface area contributed by atoms with Gasteiger partial charge in [0, 0.05) is 68.6 Å². The van der Waals surface area contributed by atoms with Crippen LogP contribution in [0.4, 0.5) is 14.5 Å². The molecule has 1 atom stereocenters. The van der Waals surface area contributed by atoms with Gasteiger partial charge in [-0.2, -0.15) is 4.39 Å². The number of hydrogen-bond donors (Lipinski definition) is 3. The highest BCUT2D eigenvalue weighted by Crippen LogP contribution is 2.36. The Morgan fingerprint density at radius 1 is 1.14 bits per heavy atom. The van der Waals surface area contributed by atoms with Crippen molar-refractivity contribution in [2.45, 2.75) is 25.8 Å². The fourth-order valence-corrected chi connectivity index (χ4v) is 5.04. The second-order valence-electron chi connectivity index (χ2n) is 8.49. The molecular formula is C24H30F2N6O4S. The molecule has 0 radical (unpaired) electrons. The van der Waals surface area contributed by atoms with Crippen LogP contribution < -0.4 is 14.4 Å². The van der Waals surface area contributed by atoms with Crippen molar-refractivity contribution < 1.29 is 27.4 Å². The Hall–Kier alpha value is -2.97. The topological polar surface area (TPSA) is 126 Å². The maximum absolute atomic E-state index is 14.5. The smallest absolute Gasteiger partial charge is 0.200 e.